The van der Waals surface area contributed by atoms with Crippen molar-refractivity contribution in [1.29, 1.82) is 0 Å². The molecule has 3 rings (SSSR count). The van der Waals surface area contributed by atoms with Crippen LogP contribution in [0.25, 0.3) is 11.0 Å². The van der Waals surface area contributed by atoms with Gasteiger partial charge in [0, 0.05) is 30.1 Å². The third-order valence-electron chi connectivity index (χ3n) is 4.10. The number of hydrogen-bond acceptors (Lipinski definition) is 5. The summed E-state index contributed by atoms with van der Waals surface area (Å²) in [6.07, 6.45) is 1.24. The van der Waals surface area contributed by atoms with E-state index in [4.69, 9.17) is 19.0 Å². The number of carboxylic acids is 1. The Bertz CT molecular complexity index is 753. The number of carboxylic acid groups (broad SMARTS) is 1. The second-order valence-electron chi connectivity index (χ2n) is 5.73. The van der Waals surface area contributed by atoms with Gasteiger partial charge in [-0.05, 0) is 12.1 Å². The quantitative estimate of drug-likeness (QED) is 0.895. The van der Waals surface area contributed by atoms with Crippen LogP contribution < -0.4 is 4.74 Å². The lowest BCUT2D eigenvalue weighted by Gasteiger charge is -2.32. The van der Waals surface area contributed by atoms with Crippen LogP contribution in [0, 0.1) is 0 Å². The van der Waals surface area contributed by atoms with Gasteiger partial charge in [0.2, 0.25) is 5.91 Å². The lowest BCUT2D eigenvalue weighted by Crippen LogP contribution is -2.46. The van der Waals surface area contributed by atoms with Crippen LogP contribution in [-0.2, 0) is 20.7 Å². The molecule has 0 aliphatic carbocycles. The van der Waals surface area contributed by atoms with Crippen molar-refractivity contribution in [3.63, 3.8) is 0 Å². The summed E-state index contributed by atoms with van der Waals surface area (Å²) < 4.78 is 16.0. The van der Waals surface area contributed by atoms with E-state index in [1.807, 2.05) is 12.1 Å². The monoisotopic (exact) mass is 333 g/mol. The molecule has 1 saturated heterocycles. The van der Waals surface area contributed by atoms with Crippen molar-refractivity contribution in [3.05, 3.63) is 30.0 Å². The van der Waals surface area contributed by atoms with Gasteiger partial charge in [-0.2, -0.15) is 0 Å². The zero-order valence-corrected chi connectivity index (χ0v) is 13.4. The Kier molecular flexibility index (Phi) is 4.71. The summed E-state index contributed by atoms with van der Waals surface area (Å²) in [5, 5.41) is 9.73. The van der Waals surface area contributed by atoms with Crippen LogP contribution in [0.2, 0.25) is 0 Å². The summed E-state index contributed by atoms with van der Waals surface area (Å²) in [4.78, 5) is 25.0. The number of benzene rings is 1. The van der Waals surface area contributed by atoms with Crippen LogP contribution >= 0.6 is 0 Å². The second-order valence-corrected chi connectivity index (χ2v) is 5.73. The molecule has 1 N–H and O–H groups in total. The molecule has 1 atom stereocenters. The van der Waals surface area contributed by atoms with Gasteiger partial charge in [0.1, 0.15) is 11.3 Å². The maximum Gasteiger partial charge on any atom is 0.306 e. The summed E-state index contributed by atoms with van der Waals surface area (Å²) in [5.74, 6) is -0.296. The van der Waals surface area contributed by atoms with Gasteiger partial charge in [0.25, 0.3) is 0 Å². The van der Waals surface area contributed by atoms with Gasteiger partial charge in [0.15, 0.2) is 0 Å². The number of furan rings is 1. The third-order valence-corrected chi connectivity index (χ3v) is 4.10. The molecule has 0 bridgehead atoms. The fourth-order valence-electron chi connectivity index (χ4n) is 2.87. The Balaban J connectivity index is 1.69. The van der Waals surface area contributed by atoms with Crippen molar-refractivity contribution >= 4 is 22.8 Å². The van der Waals surface area contributed by atoms with Gasteiger partial charge in [-0.3, -0.25) is 9.59 Å². The number of fused-ring (bicyclic) bond motifs is 1. The molecule has 2 aromatic rings. The highest BCUT2D eigenvalue weighted by atomic mass is 16.5. The SMILES string of the molecule is COc1ccc2c(CC(=O)N3CCO[C@@H](CC(=O)O)C3)coc2c1. The summed E-state index contributed by atoms with van der Waals surface area (Å²) >= 11 is 0. The number of rotatable bonds is 5. The van der Waals surface area contributed by atoms with E-state index in [1.54, 1.807) is 24.3 Å². The molecule has 1 aliphatic rings. The maximum atomic E-state index is 12.5. The summed E-state index contributed by atoms with van der Waals surface area (Å²) in [5.41, 5.74) is 1.47. The number of nitrogens with zero attached hydrogens (tertiary/aromatic N) is 1. The average molecular weight is 333 g/mol. The minimum absolute atomic E-state index is 0.0628. The van der Waals surface area contributed by atoms with Gasteiger partial charge >= 0.3 is 5.97 Å². The van der Waals surface area contributed by atoms with Gasteiger partial charge < -0.3 is 23.9 Å². The smallest absolute Gasteiger partial charge is 0.306 e. The Labute approximate surface area is 138 Å². The number of ether oxygens (including phenoxy) is 2. The highest BCUT2D eigenvalue weighted by Gasteiger charge is 2.26. The fraction of sp³-hybridized carbons (Fsp3) is 0.412. The molecule has 1 amide bonds. The van der Waals surface area contributed by atoms with Crippen LogP contribution in [0.4, 0.5) is 0 Å². The van der Waals surface area contributed by atoms with Crippen molar-refractivity contribution in [2.45, 2.75) is 18.9 Å². The maximum absolute atomic E-state index is 12.5. The van der Waals surface area contributed by atoms with Gasteiger partial charge in [-0.1, -0.05) is 0 Å². The molecule has 128 valence electrons. The molecule has 2 heterocycles. The van der Waals surface area contributed by atoms with E-state index in [0.717, 1.165) is 10.9 Å². The molecule has 7 heteroatoms. The highest BCUT2D eigenvalue weighted by Crippen LogP contribution is 2.26. The molecule has 0 saturated carbocycles. The lowest BCUT2D eigenvalue weighted by atomic mass is 10.1. The summed E-state index contributed by atoms with van der Waals surface area (Å²) in [6.45, 7) is 1.13. The van der Waals surface area contributed by atoms with Crippen molar-refractivity contribution < 1.29 is 28.6 Å². The van der Waals surface area contributed by atoms with Crippen LogP contribution in [0.3, 0.4) is 0 Å². The average Bonchev–Trinajstić information content (AvgIpc) is 2.96. The third kappa shape index (κ3) is 3.51. The normalized spacial score (nSPS) is 17.9. The van der Waals surface area contributed by atoms with E-state index in [2.05, 4.69) is 0 Å². The molecule has 1 aromatic heterocycles. The molecular formula is C17H19NO6. The van der Waals surface area contributed by atoms with Gasteiger partial charge in [0.05, 0.1) is 38.9 Å². The predicted molar refractivity (Wildman–Crippen MR) is 85.0 cm³/mol. The van der Waals surface area contributed by atoms with E-state index < -0.39 is 12.1 Å². The zero-order valence-electron chi connectivity index (χ0n) is 13.4. The number of aliphatic carboxylic acids is 1. The number of carbonyl (C=O) groups excluding carboxylic acids is 1. The van der Waals surface area contributed by atoms with Crippen molar-refractivity contribution in [2.75, 3.05) is 26.8 Å². The zero-order chi connectivity index (χ0) is 17.1. The fourth-order valence-corrected chi connectivity index (χ4v) is 2.87. The van der Waals surface area contributed by atoms with Crippen LogP contribution in [-0.4, -0.2) is 54.8 Å². The Morgan fingerprint density at radius 2 is 2.25 bits per heavy atom. The molecule has 0 unspecified atom stereocenters. The first-order valence-corrected chi connectivity index (χ1v) is 7.72. The van der Waals surface area contributed by atoms with Crippen molar-refractivity contribution in [1.82, 2.24) is 4.90 Å². The Morgan fingerprint density at radius 1 is 1.42 bits per heavy atom. The van der Waals surface area contributed by atoms with Crippen molar-refractivity contribution in [2.24, 2.45) is 0 Å². The largest absolute Gasteiger partial charge is 0.497 e. The molecular weight excluding hydrogens is 314 g/mol. The van der Waals surface area contributed by atoms with Crippen molar-refractivity contribution in [3.8, 4) is 5.75 Å². The minimum atomic E-state index is -0.927. The van der Waals surface area contributed by atoms with E-state index >= 15 is 0 Å². The van der Waals surface area contributed by atoms with E-state index in [0.29, 0.717) is 31.0 Å². The summed E-state index contributed by atoms with van der Waals surface area (Å²) in [7, 11) is 1.58. The standard InChI is InChI=1S/C17H19NO6/c1-22-12-2-3-14-11(10-24-15(14)7-12)6-16(19)18-4-5-23-13(9-18)8-17(20)21/h2-3,7,10,13H,4-6,8-9H2,1H3,(H,20,21)/t13-/m0/s1. The van der Waals surface area contributed by atoms with Crippen LogP contribution in [0.5, 0.6) is 5.75 Å². The number of morpholine rings is 1. The Hall–Kier alpha value is -2.54. The molecule has 1 aromatic carbocycles. The first kappa shape index (κ1) is 16.3. The predicted octanol–water partition coefficient (Wildman–Crippen LogP) is 1.69. The first-order valence-electron chi connectivity index (χ1n) is 7.72. The van der Waals surface area contributed by atoms with Crippen LogP contribution in [0.1, 0.15) is 12.0 Å². The number of methoxy groups -OCH3 is 1. The highest BCUT2D eigenvalue weighted by molar-refractivity contribution is 5.88. The van der Waals surface area contributed by atoms with Gasteiger partial charge in [-0.15, -0.1) is 0 Å². The molecule has 1 aliphatic heterocycles. The Morgan fingerprint density at radius 3 is 3.00 bits per heavy atom. The number of carbonyl (C=O) groups is 2. The molecule has 24 heavy (non-hydrogen) atoms. The molecule has 1 fully saturated rings. The number of amides is 1. The first-order chi connectivity index (χ1) is 11.6. The minimum Gasteiger partial charge on any atom is -0.497 e. The topological polar surface area (TPSA) is 89.2 Å². The van der Waals surface area contributed by atoms with Gasteiger partial charge in [-0.25, -0.2) is 0 Å². The van der Waals surface area contributed by atoms with E-state index in [1.165, 1.54) is 0 Å². The summed E-state index contributed by atoms with van der Waals surface area (Å²) in [6, 6.07) is 5.47. The molecule has 7 nitrogen and oxygen atoms in total. The van der Waals surface area contributed by atoms with E-state index in [9.17, 15) is 9.59 Å². The van der Waals surface area contributed by atoms with Crippen LogP contribution in [0.15, 0.2) is 28.9 Å². The second kappa shape index (κ2) is 6.92. The molecule has 0 spiro atoms. The van der Waals surface area contributed by atoms with E-state index in [-0.39, 0.29) is 18.7 Å². The number of hydrogen-bond donors (Lipinski definition) is 1. The lowest BCUT2D eigenvalue weighted by molar-refractivity contribution is -0.147. The molecule has 0 radical (unpaired) electrons.